The molecule has 1 rings (SSSR count). The van der Waals surface area contributed by atoms with Crippen molar-refractivity contribution >= 4 is 33.2 Å². The monoisotopic (exact) mass is 235 g/mol. The van der Waals surface area contributed by atoms with Gasteiger partial charge in [0.2, 0.25) is 0 Å². The van der Waals surface area contributed by atoms with E-state index in [1.165, 1.54) is 25.2 Å². The van der Waals surface area contributed by atoms with Crippen LogP contribution < -0.4 is 15.2 Å². The van der Waals surface area contributed by atoms with Crippen LogP contribution in [0.2, 0.25) is 5.02 Å². The standard InChI is InChI=1S/C7H10ClN3O2S/c1-10-14(12,13)11-5-2-3-7(9)6(8)4-5/h2-4,10-11H,9H2,1H3. The van der Waals surface area contributed by atoms with Crippen molar-refractivity contribution in [1.29, 1.82) is 0 Å². The van der Waals surface area contributed by atoms with E-state index < -0.39 is 10.2 Å². The summed E-state index contributed by atoms with van der Waals surface area (Å²) in [5.74, 6) is 0. The molecule has 0 fully saturated rings. The van der Waals surface area contributed by atoms with E-state index in [2.05, 4.69) is 9.44 Å². The molecule has 14 heavy (non-hydrogen) atoms. The Balaban J connectivity index is 2.94. The fraction of sp³-hybridized carbons (Fsp3) is 0.143. The van der Waals surface area contributed by atoms with Gasteiger partial charge in [0.1, 0.15) is 0 Å². The van der Waals surface area contributed by atoms with Crippen LogP contribution >= 0.6 is 11.6 Å². The molecule has 0 atom stereocenters. The Bertz CT molecular complexity index is 433. The van der Waals surface area contributed by atoms with Crippen molar-refractivity contribution in [2.75, 3.05) is 17.5 Å². The highest BCUT2D eigenvalue weighted by Gasteiger charge is 2.06. The highest BCUT2D eigenvalue weighted by atomic mass is 35.5. The van der Waals surface area contributed by atoms with Crippen LogP contribution in [0.4, 0.5) is 11.4 Å². The summed E-state index contributed by atoms with van der Waals surface area (Å²) >= 11 is 5.71. The smallest absolute Gasteiger partial charge is 0.298 e. The van der Waals surface area contributed by atoms with Crippen molar-refractivity contribution in [2.45, 2.75) is 0 Å². The van der Waals surface area contributed by atoms with Crippen LogP contribution in [-0.4, -0.2) is 15.5 Å². The van der Waals surface area contributed by atoms with E-state index >= 15 is 0 Å². The molecule has 0 aliphatic heterocycles. The Labute approximate surface area is 87.4 Å². The number of rotatable bonds is 3. The number of halogens is 1. The van der Waals surface area contributed by atoms with Gasteiger partial charge in [-0.05, 0) is 18.2 Å². The lowest BCUT2D eigenvalue weighted by atomic mass is 10.3. The van der Waals surface area contributed by atoms with Gasteiger partial charge < -0.3 is 5.73 Å². The number of hydrogen-bond acceptors (Lipinski definition) is 3. The van der Waals surface area contributed by atoms with Gasteiger partial charge in [-0.3, -0.25) is 4.72 Å². The van der Waals surface area contributed by atoms with E-state index in [9.17, 15) is 8.42 Å². The van der Waals surface area contributed by atoms with Crippen molar-refractivity contribution in [2.24, 2.45) is 0 Å². The Hall–Kier alpha value is -0.980. The van der Waals surface area contributed by atoms with Crippen LogP contribution in [0, 0.1) is 0 Å². The largest absolute Gasteiger partial charge is 0.398 e. The minimum absolute atomic E-state index is 0.307. The summed E-state index contributed by atoms with van der Waals surface area (Å²) in [5.41, 5.74) is 6.22. The van der Waals surface area contributed by atoms with E-state index in [0.717, 1.165) is 0 Å². The third kappa shape index (κ3) is 2.76. The topological polar surface area (TPSA) is 84.2 Å². The van der Waals surface area contributed by atoms with Gasteiger partial charge in [0.15, 0.2) is 0 Å². The van der Waals surface area contributed by atoms with Gasteiger partial charge in [0.05, 0.1) is 16.4 Å². The van der Waals surface area contributed by atoms with E-state index in [4.69, 9.17) is 17.3 Å². The molecule has 4 N–H and O–H groups in total. The molecular weight excluding hydrogens is 226 g/mol. The molecule has 0 saturated heterocycles. The summed E-state index contributed by atoms with van der Waals surface area (Å²) < 4.78 is 26.5. The summed E-state index contributed by atoms with van der Waals surface area (Å²) in [6, 6.07) is 4.48. The zero-order valence-electron chi connectivity index (χ0n) is 7.41. The highest BCUT2D eigenvalue weighted by Crippen LogP contribution is 2.22. The summed E-state index contributed by atoms with van der Waals surface area (Å²) in [4.78, 5) is 0. The zero-order chi connectivity index (χ0) is 10.8. The molecule has 0 bridgehead atoms. The third-order valence-electron chi connectivity index (χ3n) is 1.52. The maximum Gasteiger partial charge on any atom is 0.298 e. The van der Waals surface area contributed by atoms with Gasteiger partial charge in [-0.2, -0.15) is 8.42 Å². The van der Waals surface area contributed by atoms with Gasteiger partial charge >= 0.3 is 0 Å². The average Bonchev–Trinajstić information content (AvgIpc) is 2.11. The quantitative estimate of drug-likeness (QED) is 0.678. The van der Waals surface area contributed by atoms with Gasteiger partial charge in [-0.25, -0.2) is 4.72 Å². The second-order valence-corrected chi connectivity index (χ2v) is 4.57. The minimum atomic E-state index is -3.50. The molecule has 0 aromatic heterocycles. The van der Waals surface area contributed by atoms with Crippen LogP contribution in [-0.2, 0) is 10.2 Å². The highest BCUT2D eigenvalue weighted by molar-refractivity contribution is 7.90. The molecule has 0 amide bonds. The molecule has 0 saturated carbocycles. The predicted molar refractivity (Wildman–Crippen MR) is 57.5 cm³/mol. The molecule has 1 aromatic rings. The molecule has 0 unspecified atom stereocenters. The lowest BCUT2D eigenvalue weighted by Crippen LogP contribution is -2.26. The van der Waals surface area contributed by atoms with Crippen LogP contribution in [0.5, 0.6) is 0 Å². The maximum absolute atomic E-state index is 11.1. The SMILES string of the molecule is CNS(=O)(=O)Nc1ccc(N)c(Cl)c1. The predicted octanol–water partition coefficient (Wildman–Crippen LogP) is 0.798. The summed E-state index contributed by atoms with van der Waals surface area (Å²) in [7, 11) is -2.19. The minimum Gasteiger partial charge on any atom is -0.398 e. The normalized spacial score (nSPS) is 11.3. The van der Waals surface area contributed by atoms with Crippen LogP contribution in [0.15, 0.2) is 18.2 Å². The number of benzene rings is 1. The summed E-state index contributed by atoms with van der Waals surface area (Å²) in [6.07, 6.45) is 0. The van der Waals surface area contributed by atoms with E-state index in [1.807, 2.05) is 0 Å². The van der Waals surface area contributed by atoms with Crippen molar-refractivity contribution in [3.05, 3.63) is 23.2 Å². The molecule has 7 heteroatoms. The fourth-order valence-electron chi connectivity index (χ4n) is 0.797. The van der Waals surface area contributed by atoms with E-state index in [0.29, 0.717) is 16.4 Å². The van der Waals surface area contributed by atoms with Gasteiger partial charge in [-0.1, -0.05) is 11.6 Å². The van der Waals surface area contributed by atoms with Crippen LogP contribution in [0.1, 0.15) is 0 Å². The second-order valence-electron chi connectivity index (χ2n) is 2.55. The maximum atomic E-state index is 11.1. The second kappa shape index (κ2) is 4.04. The molecule has 0 heterocycles. The van der Waals surface area contributed by atoms with Gasteiger partial charge in [0, 0.05) is 7.05 Å². The first-order valence-electron chi connectivity index (χ1n) is 3.71. The number of nitrogen functional groups attached to an aromatic ring is 1. The van der Waals surface area contributed by atoms with Gasteiger partial charge in [0.25, 0.3) is 10.2 Å². The molecule has 0 aliphatic carbocycles. The number of nitrogens with two attached hydrogens (primary N) is 1. The Morgan fingerprint density at radius 1 is 1.43 bits per heavy atom. The molecule has 0 radical (unpaired) electrons. The molecular formula is C7H10ClN3O2S. The van der Waals surface area contributed by atoms with E-state index in [-0.39, 0.29) is 0 Å². The average molecular weight is 236 g/mol. The lowest BCUT2D eigenvalue weighted by Gasteiger charge is -2.07. The number of anilines is 2. The van der Waals surface area contributed by atoms with Crippen molar-refractivity contribution < 1.29 is 8.42 Å². The lowest BCUT2D eigenvalue weighted by molar-refractivity contribution is 0.593. The molecule has 0 aliphatic rings. The first kappa shape index (κ1) is 11.1. The molecule has 0 spiro atoms. The number of nitrogens with one attached hydrogen (secondary N) is 2. The molecule has 5 nitrogen and oxygen atoms in total. The Kier molecular flexibility index (Phi) is 3.20. The fourth-order valence-corrected chi connectivity index (χ4v) is 1.52. The van der Waals surface area contributed by atoms with Crippen LogP contribution in [0.25, 0.3) is 0 Å². The van der Waals surface area contributed by atoms with Gasteiger partial charge in [-0.15, -0.1) is 0 Å². The van der Waals surface area contributed by atoms with Crippen LogP contribution in [0.3, 0.4) is 0 Å². The zero-order valence-corrected chi connectivity index (χ0v) is 8.98. The van der Waals surface area contributed by atoms with Crippen molar-refractivity contribution in [3.63, 3.8) is 0 Å². The summed E-state index contributed by atoms with van der Waals surface area (Å²) in [5, 5.41) is 0.307. The Morgan fingerprint density at radius 3 is 2.57 bits per heavy atom. The number of hydrogen-bond donors (Lipinski definition) is 3. The Morgan fingerprint density at radius 2 is 2.07 bits per heavy atom. The first-order valence-corrected chi connectivity index (χ1v) is 5.57. The van der Waals surface area contributed by atoms with Crippen molar-refractivity contribution in [3.8, 4) is 0 Å². The molecule has 1 aromatic carbocycles. The third-order valence-corrected chi connectivity index (χ3v) is 2.89. The van der Waals surface area contributed by atoms with Crippen molar-refractivity contribution in [1.82, 2.24) is 4.72 Å². The summed E-state index contributed by atoms with van der Waals surface area (Å²) in [6.45, 7) is 0. The van der Waals surface area contributed by atoms with E-state index in [1.54, 1.807) is 0 Å². The molecule has 78 valence electrons. The first-order chi connectivity index (χ1) is 6.44.